The Morgan fingerprint density at radius 1 is 1.47 bits per heavy atom. The number of rotatable bonds is 3. The lowest BCUT2D eigenvalue weighted by Gasteiger charge is -2.36. The molecule has 2 aromatic rings. The topological polar surface area (TPSA) is 53.4 Å². The maximum absolute atomic E-state index is 10.8. The van der Waals surface area contributed by atoms with Gasteiger partial charge in [0.2, 0.25) is 0 Å². The number of nitrogens with zero attached hydrogens (tertiary/aromatic N) is 2. The van der Waals surface area contributed by atoms with Crippen molar-refractivity contribution < 1.29 is 9.90 Å². The third kappa shape index (κ3) is 2.18. The molecule has 0 amide bonds. The Balaban J connectivity index is 1.85. The van der Waals surface area contributed by atoms with Crippen LogP contribution in [0.25, 0.3) is 10.2 Å². The molecule has 1 aromatic heterocycles. The Hall–Kier alpha value is -1.62. The molecule has 1 aliphatic rings. The highest BCUT2D eigenvalue weighted by Crippen LogP contribution is 2.34. The first-order valence-electron chi connectivity index (χ1n) is 6.43. The average Bonchev–Trinajstić information content (AvgIpc) is 2.67. The molecule has 1 aromatic carbocycles. The van der Waals surface area contributed by atoms with Crippen molar-refractivity contribution in [2.45, 2.75) is 19.8 Å². The Kier molecular flexibility index (Phi) is 2.93. The summed E-state index contributed by atoms with van der Waals surface area (Å²) in [6.07, 6.45) is 0. The van der Waals surface area contributed by atoms with E-state index in [2.05, 4.69) is 37.0 Å². The van der Waals surface area contributed by atoms with Gasteiger partial charge in [-0.15, -0.1) is 0 Å². The van der Waals surface area contributed by atoms with E-state index >= 15 is 0 Å². The number of aliphatic carboxylic acids is 1. The molecular weight excluding hydrogens is 260 g/mol. The van der Waals surface area contributed by atoms with Crippen molar-refractivity contribution in [3.05, 3.63) is 23.8 Å². The highest BCUT2D eigenvalue weighted by molar-refractivity contribution is 7.22. The first-order chi connectivity index (χ1) is 9.04. The van der Waals surface area contributed by atoms with E-state index in [0.29, 0.717) is 19.0 Å². The number of carbonyl (C=O) groups is 1. The maximum atomic E-state index is 10.8. The van der Waals surface area contributed by atoms with Gasteiger partial charge in [-0.2, -0.15) is 0 Å². The van der Waals surface area contributed by atoms with Crippen molar-refractivity contribution in [3.63, 3.8) is 0 Å². The Bertz CT molecular complexity index is 629. The summed E-state index contributed by atoms with van der Waals surface area (Å²) in [6.45, 7) is 5.50. The Labute approximate surface area is 115 Å². The van der Waals surface area contributed by atoms with Crippen LogP contribution in [0.1, 0.15) is 25.3 Å². The highest BCUT2D eigenvalue weighted by Gasteiger charge is 2.34. The molecule has 19 heavy (non-hydrogen) atoms. The summed E-state index contributed by atoms with van der Waals surface area (Å²) in [5.41, 5.74) is 2.32. The molecule has 2 heterocycles. The van der Waals surface area contributed by atoms with E-state index in [0.717, 1.165) is 10.6 Å². The summed E-state index contributed by atoms with van der Waals surface area (Å²) in [5, 5.41) is 9.83. The number of aromatic nitrogens is 1. The van der Waals surface area contributed by atoms with Gasteiger partial charge in [0, 0.05) is 13.1 Å². The van der Waals surface area contributed by atoms with Crippen molar-refractivity contribution >= 4 is 32.7 Å². The highest BCUT2D eigenvalue weighted by atomic mass is 32.1. The van der Waals surface area contributed by atoms with E-state index in [-0.39, 0.29) is 5.92 Å². The molecule has 1 N–H and O–H groups in total. The van der Waals surface area contributed by atoms with E-state index in [1.165, 1.54) is 10.3 Å². The van der Waals surface area contributed by atoms with Crippen LogP contribution in [0.15, 0.2) is 18.2 Å². The van der Waals surface area contributed by atoms with Crippen LogP contribution in [0.2, 0.25) is 0 Å². The number of fused-ring (bicyclic) bond motifs is 1. The zero-order valence-corrected chi connectivity index (χ0v) is 11.8. The van der Waals surface area contributed by atoms with E-state index in [9.17, 15) is 4.79 Å². The summed E-state index contributed by atoms with van der Waals surface area (Å²) < 4.78 is 1.18. The fourth-order valence-corrected chi connectivity index (χ4v) is 3.25. The molecule has 1 fully saturated rings. The van der Waals surface area contributed by atoms with Gasteiger partial charge in [0.25, 0.3) is 0 Å². The number of hydrogen-bond donors (Lipinski definition) is 1. The largest absolute Gasteiger partial charge is 0.481 e. The van der Waals surface area contributed by atoms with Gasteiger partial charge in [-0.25, -0.2) is 4.98 Å². The maximum Gasteiger partial charge on any atom is 0.310 e. The fraction of sp³-hybridized carbons (Fsp3) is 0.429. The first kappa shape index (κ1) is 12.4. The summed E-state index contributed by atoms with van der Waals surface area (Å²) in [5.74, 6) is -0.437. The molecule has 0 bridgehead atoms. The number of anilines is 1. The van der Waals surface area contributed by atoms with E-state index in [4.69, 9.17) is 5.11 Å². The van der Waals surface area contributed by atoms with Gasteiger partial charge >= 0.3 is 5.97 Å². The van der Waals surface area contributed by atoms with Crippen LogP contribution in [-0.4, -0.2) is 29.1 Å². The van der Waals surface area contributed by atoms with Gasteiger partial charge in [0.1, 0.15) is 0 Å². The van der Waals surface area contributed by atoms with Crippen LogP contribution < -0.4 is 4.90 Å². The lowest BCUT2D eigenvalue weighted by molar-refractivity contribution is -0.142. The summed E-state index contributed by atoms with van der Waals surface area (Å²) in [7, 11) is 0. The number of carboxylic acids is 1. The number of thiazole rings is 1. The van der Waals surface area contributed by atoms with E-state index in [1.807, 2.05) is 4.90 Å². The first-order valence-corrected chi connectivity index (χ1v) is 7.24. The summed E-state index contributed by atoms with van der Waals surface area (Å²) in [4.78, 5) is 17.4. The van der Waals surface area contributed by atoms with Crippen molar-refractivity contribution in [1.29, 1.82) is 0 Å². The minimum Gasteiger partial charge on any atom is -0.481 e. The molecule has 1 saturated heterocycles. The lowest BCUT2D eigenvalue weighted by atomic mass is 10.0. The second kappa shape index (κ2) is 4.49. The quantitative estimate of drug-likeness (QED) is 0.936. The molecule has 1 aliphatic heterocycles. The second-order valence-corrected chi connectivity index (χ2v) is 6.33. The summed E-state index contributed by atoms with van der Waals surface area (Å²) >= 11 is 1.65. The van der Waals surface area contributed by atoms with Crippen LogP contribution in [-0.2, 0) is 4.79 Å². The SMILES string of the molecule is CC(C)c1ccc2nc(N3CC(C(=O)O)C3)sc2c1. The van der Waals surface area contributed by atoms with Crippen LogP contribution >= 0.6 is 11.3 Å². The molecule has 5 heteroatoms. The molecule has 0 aliphatic carbocycles. The molecule has 4 nitrogen and oxygen atoms in total. The Morgan fingerprint density at radius 3 is 2.84 bits per heavy atom. The van der Waals surface area contributed by atoms with Crippen LogP contribution in [0.3, 0.4) is 0 Å². The number of benzene rings is 1. The predicted molar refractivity (Wildman–Crippen MR) is 77.0 cm³/mol. The van der Waals surface area contributed by atoms with Crippen LogP contribution in [0.5, 0.6) is 0 Å². The predicted octanol–water partition coefficient (Wildman–Crippen LogP) is 2.94. The van der Waals surface area contributed by atoms with Gasteiger partial charge in [0.15, 0.2) is 5.13 Å². The second-order valence-electron chi connectivity index (χ2n) is 5.32. The molecule has 0 saturated carbocycles. The van der Waals surface area contributed by atoms with Crippen LogP contribution in [0, 0.1) is 5.92 Å². The van der Waals surface area contributed by atoms with Crippen molar-refractivity contribution in [2.24, 2.45) is 5.92 Å². The van der Waals surface area contributed by atoms with Gasteiger partial charge in [-0.3, -0.25) is 4.79 Å². The lowest BCUT2D eigenvalue weighted by Crippen LogP contribution is -2.50. The third-order valence-electron chi connectivity index (χ3n) is 3.57. The molecular formula is C14H16N2O2S. The van der Waals surface area contributed by atoms with Gasteiger partial charge in [-0.05, 0) is 23.6 Å². The molecule has 0 radical (unpaired) electrons. The fourth-order valence-electron chi connectivity index (χ4n) is 2.21. The standard InChI is InChI=1S/C14H16N2O2S/c1-8(2)9-3-4-11-12(5-9)19-14(15-11)16-6-10(7-16)13(17)18/h3-5,8,10H,6-7H2,1-2H3,(H,17,18). The molecule has 0 spiro atoms. The molecule has 100 valence electrons. The Morgan fingerprint density at radius 2 is 2.21 bits per heavy atom. The van der Waals surface area contributed by atoms with Gasteiger partial charge in [-0.1, -0.05) is 31.3 Å². The zero-order chi connectivity index (χ0) is 13.6. The van der Waals surface area contributed by atoms with E-state index < -0.39 is 5.97 Å². The zero-order valence-electron chi connectivity index (χ0n) is 11.0. The smallest absolute Gasteiger partial charge is 0.310 e. The normalized spacial score (nSPS) is 16.1. The van der Waals surface area contributed by atoms with Crippen molar-refractivity contribution in [3.8, 4) is 0 Å². The number of hydrogen-bond acceptors (Lipinski definition) is 4. The van der Waals surface area contributed by atoms with Crippen LogP contribution in [0.4, 0.5) is 5.13 Å². The van der Waals surface area contributed by atoms with Gasteiger partial charge < -0.3 is 10.0 Å². The summed E-state index contributed by atoms with van der Waals surface area (Å²) in [6, 6.07) is 6.36. The van der Waals surface area contributed by atoms with Crippen molar-refractivity contribution in [1.82, 2.24) is 4.98 Å². The molecule has 0 atom stereocenters. The van der Waals surface area contributed by atoms with Gasteiger partial charge in [0.05, 0.1) is 16.1 Å². The average molecular weight is 276 g/mol. The van der Waals surface area contributed by atoms with Crippen molar-refractivity contribution in [2.75, 3.05) is 18.0 Å². The monoisotopic (exact) mass is 276 g/mol. The molecule has 3 rings (SSSR count). The third-order valence-corrected chi connectivity index (χ3v) is 4.65. The number of carboxylic acid groups (broad SMARTS) is 1. The minimum atomic E-state index is -0.709. The van der Waals surface area contributed by atoms with E-state index in [1.54, 1.807) is 11.3 Å². The minimum absolute atomic E-state index is 0.238. The molecule has 0 unspecified atom stereocenters.